The predicted octanol–water partition coefficient (Wildman–Crippen LogP) is 2.29. The maximum atomic E-state index is 12.2. The van der Waals surface area contributed by atoms with Crippen LogP contribution in [0.4, 0.5) is 0 Å². The van der Waals surface area contributed by atoms with Crippen molar-refractivity contribution >= 4 is 23.1 Å². The SMILES string of the molecule is O=C(N/N=C/c1ccc2c(c1)OCO2)c1cc2ccccc2oc1=O. The molecule has 7 nitrogen and oxygen atoms in total. The van der Waals surface area contributed by atoms with E-state index < -0.39 is 11.5 Å². The lowest BCUT2D eigenvalue weighted by Crippen LogP contribution is -2.24. The van der Waals surface area contributed by atoms with Crippen molar-refractivity contribution in [2.24, 2.45) is 5.10 Å². The highest BCUT2D eigenvalue weighted by atomic mass is 16.7. The normalized spacial score (nSPS) is 12.6. The largest absolute Gasteiger partial charge is 0.454 e. The molecular formula is C18H12N2O5. The van der Waals surface area contributed by atoms with E-state index in [1.54, 1.807) is 42.5 Å². The van der Waals surface area contributed by atoms with Gasteiger partial charge in [0.15, 0.2) is 11.5 Å². The number of nitrogens with zero attached hydrogens (tertiary/aromatic N) is 1. The minimum atomic E-state index is -0.713. The van der Waals surface area contributed by atoms with Crippen LogP contribution in [0, 0.1) is 0 Å². The number of rotatable bonds is 3. The number of ether oxygens (including phenoxy) is 2. The van der Waals surface area contributed by atoms with Crippen LogP contribution >= 0.6 is 0 Å². The van der Waals surface area contributed by atoms with Crippen molar-refractivity contribution in [3.8, 4) is 11.5 Å². The molecule has 0 saturated heterocycles. The van der Waals surface area contributed by atoms with Gasteiger partial charge >= 0.3 is 5.63 Å². The van der Waals surface area contributed by atoms with Gasteiger partial charge < -0.3 is 13.9 Å². The van der Waals surface area contributed by atoms with Gasteiger partial charge in [0.25, 0.3) is 5.91 Å². The zero-order chi connectivity index (χ0) is 17.2. The summed E-state index contributed by atoms with van der Waals surface area (Å²) in [6, 6.07) is 13.7. The quantitative estimate of drug-likeness (QED) is 0.450. The van der Waals surface area contributed by atoms with Crippen LogP contribution in [0.15, 0.2) is 62.8 Å². The highest BCUT2D eigenvalue weighted by Crippen LogP contribution is 2.31. The van der Waals surface area contributed by atoms with Crippen LogP contribution in [-0.4, -0.2) is 18.9 Å². The van der Waals surface area contributed by atoms with Crippen molar-refractivity contribution in [3.05, 3.63) is 70.1 Å². The van der Waals surface area contributed by atoms with Gasteiger partial charge in [-0.05, 0) is 35.9 Å². The zero-order valence-electron chi connectivity index (χ0n) is 12.9. The van der Waals surface area contributed by atoms with Crippen LogP contribution in [0.25, 0.3) is 11.0 Å². The van der Waals surface area contributed by atoms with E-state index in [0.717, 1.165) is 5.56 Å². The number of hydrogen-bond acceptors (Lipinski definition) is 6. The number of fused-ring (bicyclic) bond motifs is 2. The molecule has 0 bridgehead atoms. The zero-order valence-corrected chi connectivity index (χ0v) is 12.9. The van der Waals surface area contributed by atoms with Crippen LogP contribution < -0.4 is 20.5 Å². The van der Waals surface area contributed by atoms with Crippen molar-refractivity contribution in [1.82, 2.24) is 5.43 Å². The van der Waals surface area contributed by atoms with Gasteiger partial charge in [-0.15, -0.1) is 0 Å². The summed E-state index contributed by atoms with van der Waals surface area (Å²) in [5, 5.41) is 4.52. The van der Waals surface area contributed by atoms with Crippen LogP contribution in [-0.2, 0) is 0 Å². The van der Waals surface area contributed by atoms with Gasteiger partial charge in [0.05, 0.1) is 6.21 Å². The minimum absolute atomic E-state index is 0.110. The Kier molecular flexibility index (Phi) is 3.66. The maximum absolute atomic E-state index is 12.2. The topological polar surface area (TPSA) is 90.1 Å². The number of carbonyl (C=O) groups is 1. The summed E-state index contributed by atoms with van der Waals surface area (Å²) in [5.74, 6) is 0.636. The Morgan fingerprint density at radius 1 is 1.08 bits per heavy atom. The van der Waals surface area contributed by atoms with Gasteiger partial charge in [-0.3, -0.25) is 4.79 Å². The molecule has 0 saturated carbocycles. The lowest BCUT2D eigenvalue weighted by molar-refractivity contribution is 0.0951. The van der Waals surface area contributed by atoms with Crippen molar-refractivity contribution in [3.63, 3.8) is 0 Å². The van der Waals surface area contributed by atoms with Crippen LogP contribution in [0.3, 0.4) is 0 Å². The van der Waals surface area contributed by atoms with E-state index in [9.17, 15) is 9.59 Å². The summed E-state index contributed by atoms with van der Waals surface area (Å²) >= 11 is 0. The highest BCUT2D eigenvalue weighted by molar-refractivity contribution is 5.97. The molecule has 2 aromatic carbocycles. The number of amides is 1. The molecule has 1 amide bonds. The lowest BCUT2D eigenvalue weighted by Gasteiger charge is -2.01. The fourth-order valence-electron chi connectivity index (χ4n) is 2.44. The molecule has 0 atom stereocenters. The number of hydrazone groups is 1. The van der Waals surface area contributed by atoms with Gasteiger partial charge in [-0.25, -0.2) is 10.2 Å². The predicted molar refractivity (Wildman–Crippen MR) is 90.1 cm³/mol. The fourth-order valence-corrected chi connectivity index (χ4v) is 2.44. The summed E-state index contributed by atoms with van der Waals surface area (Å²) in [5.41, 5.74) is 2.64. The van der Waals surface area contributed by atoms with Crippen molar-refractivity contribution in [2.45, 2.75) is 0 Å². The third-order valence-electron chi connectivity index (χ3n) is 3.66. The summed E-state index contributed by atoms with van der Waals surface area (Å²) < 4.78 is 15.6. The first-order valence-electron chi connectivity index (χ1n) is 7.47. The Labute approximate surface area is 141 Å². The molecule has 3 aromatic rings. The molecule has 1 N–H and O–H groups in total. The molecule has 25 heavy (non-hydrogen) atoms. The van der Waals surface area contributed by atoms with Gasteiger partial charge in [0.1, 0.15) is 11.1 Å². The molecule has 2 heterocycles. The summed E-state index contributed by atoms with van der Waals surface area (Å²) in [6.45, 7) is 0.185. The molecule has 0 unspecified atom stereocenters. The fraction of sp³-hybridized carbons (Fsp3) is 0.0556. The molecule has 0 aliphatic carbocycles. The standard InChI is InChI=1S/C18H12N2O5/c21-17(13-8-12-3-1-2-4-14(12)25-18(13)22)20-19-9-11-5-6-15-16(7-11)24-10-23-15/h1-9H,10H2,(H,20,21)/b19-9+. The molecule has 7 heteroatoms. The van der Waals surface area contributed by atoms with E-state index in [-0.39, 0.29) is 12.4 Å². The first-order chi connectivity index (χ1) is 12.2. The Morgan fingerprint density at radius 3 is 2.84 bits per heavy atom. The molecule has 4 rings (SSSR count). The van der Waals surface area contributed by atoms with Crippen molar-refractivity contribution in [2.75, 3.05) is 6.79 Å². The van der Waals surface area contributed by atoms with Crippen LogP contribution in [0.5, 0.6) is 11.5 Å². The second kappa shape index (κ2) is 6.12. The van der Waals surface area contributed by atoms with E-state index in [2.05, 4.69) is 10.5 Å². The first-order valence-corrected chi connectivity index (χ1v) is 7.47. The van der Waals surface area contributed by atoms with Crippen molar-refractivity contribution < 1.29 is 18.7 Å². The van der Waals surface area contributed by atoms with Gasteiger partial charge in [-0.2, -0.15) is 5.10 Å². The van der Waals surface area contributed by atoms with E-state index in [0.29, 0.717) is 22.5 Å². The summed E-state index contributed by atoms with van der Waals surface area (Å²) in [4.78, 5) is 24.1. The molecule has 124 valence electrons. The van der Waals surface area contributed by atoms with Gasteiger partial charge in [0.2, 0.25) is 6.79 Å². The Hall–Kier alpha value is -3.61. The van der Waals surface area contributed by atoms with Crippen LogP contribution in [0.1, 0.15) is 15.9 Å². The number of hydrogen-bond donors (Lipinski definition) is 1. The second-order valence-electron chi connectivity index (χ2n) is 5.30. The molecule has 0 radical (unpaired) electrons. The third kappa shape index (κ3) is 2.94. The lowest BCUT2D eigenvalue weighted by atomic mass is 10.2. The average Bonchev–Trinajstić information content (AvgIpc) is 3.09. The molecule has 0 spiro atoms. The van der Waals surface area contributed by atoms with E-state index >= 15 is 0 Å². The van der Waals surface area contributed by atoms with Crippen LogP contribution in [0.2, 0.25) is 0 Å². The second-order valence-corrected chi connectivity index (χ2v) is 5.30. The Bertz CT molecular complexity index is 1050. The van der Waals surface area contributed by atoms with Crippen molar-refractivity contribution in [1.29, 1.82) is 0 Å². The monoisotopic (exact) mass is 336 g/mol. The Balaban J connectivity index is 1.52. The number of carbonyl (C=O) groups excluding carboxylic acids is 1. The summed E-state index contributed by atoms with van der Waals surface area (Å²) in [7, 11) is 0. The maximum Gasteiger partial charge on any atom is 0.349 e. The van der Waals surface area contributed by atoms with E-state index in [1.165, 1.54) is 12.3 Å². The van der Waals surface area contributed by atoms with Gasteiger partial charge in [0, 0.05) is 5.39 Å². The summed E-state index contributed by atoms with van der Waals surface area (Å²) in [6.07, 6.45) is 1.45. The minimum Gasteiger partial charge on any atom is -0.454 e. The molecular weight excluding hydrogens is 324 g/mol. The number of para-hydroxylation sites is 1. The Morgan fingerprint density at radius 2 is 1.92 bits per heavy atom. The highest BCUT2D eigenvalue weighted by Gasteiger charge is 2.14. The van der Waals surface area contributed by atoms with Gasteiger partial charge in [-0.1, -0.05) is 18.2 Å². The third-order valence-corrected chi connectivity index (χ3v) is 3.66. The number of benzene rings is 2. The molecule has 1 aliphatic heterocycles. The molecule has 1 aromatic heterocycles. The first kappa shape index (κ1) is 14.9. The average molecular weight is 336 g/mol. The van der Waals surface area contributed by atoms with E-state index in [1.807, 2.05) is 0 Å². The van der Waals surface area contributed by atoms with E-state index in [4.69, 9.17) is 13.9 Å². The smallest absolute Gasteiger partial charge is 0.349 e. The molecule has 1 aliphatic rings. The molecule has 0 fully saturated rings. The number of nitrogens with one attached hydrogen (secondary N) is 1.